The monoisotopic (exact) mass is 425 g/mol. The maximum absolute atomic E-state index is 13.1. The van der Waals surface area contributed by atoms with E-state index in [1.165, 1.54) is 28.6 Å². The molecule has 9 heteroatoms. The number of likely N-dealkylation sites (N-methyl/N-ethyl adjacent to an activating group) is 1. The van der Waals surface area contributed by atoms with Crippen molar-refractivity contribution in [2.45, 2.75) is 43.0 Å². The molecule has 3 aliphatic heterocycles. The van der Waals surface area contributed by atoms with Gasteiger partial charge in [0.1, 0.15) is 5.82 Å². The maximum Gasteiger partial charge on any atom is 0.320 e. The van der Waals surface area contributed by atoms with Gasteiger partial charge in [-0.2, -0.15) is 0 Å². The van der Waals surface area contributed by atoms with Gasteiger partial charge in [0.05, 0.1) is 11.3 Å². The first-order valence-corrected chi connectivity index (χ1v) is 11.8. The van der Waals surface area contributed by atoms with Crippen LogP contribution in [0.4, 0.5) is 9.18 Å². The SMILES string of the molecule is CN1CC2(CCOCC2)N(C2CCN(S(=O)(=O)Cc3ccc(F)cc3)CC2)C1=O. The number of benzene rings is 1. The molecular formula is C20H28FN3O4S. The first-order valence-electron chi connectivity index (χ1n) is 10.2. The van der Waals surface area contributed by atoms with E-state index < -0.39 is 10.0 Å². The molecule has 1 spiro atoms. The van der Waals surface area contributed by atoms with Crippen molar-refractivity contribution in [3.8, 4) is 0 Å². The molecule has 29 heavy (non-hydrogen) atoms. The van der Waals surface area contributed by atoms with E-state index in [2.05, 4.69) is 0 Å². The van der Waals surface area contributed by atoms with Crippen molar-refractivity contribution in [3.63, 3.8) is 0 Å². The van der Waals surface area contributed by atoms with Crippen LogP contribution in [0.1, 0.15) is 31.2 Å². The highest BCUT2D eigenvalue weighted by molar-refractivity contribution is 7.88. The summed E-state index contributed by atoms with van der Waals surface area (Å²) in [5, 5.41) is 0. The zero-order chi connectivity index (χ0) is 20.6. The minimum absolute atomic E-state index is 0.0412. The minimum atomic E-state index is -3.48. The van der Waals surface area contributed by atoms with E-state index in [-0.39, 0.29) is 29.2 Å². The first kappa shape index (κ1) is 20.6. The molecule has 0 N–H and O–H groups in total. The molecular weight excluding hydrogens is 397 g/mol. The number of hydrogen-bond acceptors (Lipinski definition) is 4. The minimum Gasteiger partial charge on any atom is -0.381 e. The van der Waals surface area contributed by atoms with Gasteiger partial charge in [-0.25, -0.2) is 21.9 Å². The average Bonchev–Trinajstić information content (AvgIpc) is 2.93. The maximum atomic E-state index is 13.1. The second kappa shape index (κ2) is 7.85. The Morgan fingerprint density at radius 2 is 1.76 bits per heavy atom. The average molecular weight is 426 g/mol. The zero-order valence-electron chi connectivity index (χ0n) is 16.7. The fourth-order valence-corrected chi connectivity index (χ4v) is 6.49. The number of urea groups is 1. The van der Waals surface area contributed by atoms with Crippen molar-refractivity contribution in [3.05, 3.63) is 35.6 Å². The predicted octanol–water partition coefficient (Wildman–Crippen LogP) is 2.04. The number of amides is 2. The van der Waals surface area contributed by atoms with E-state index in [4.69, 9.17) is 4.74 Å². The van der Waals surface area contributed by atoms with Crippen molar-refractivity contribution < 1.29 is 22.3 Å². The van der Waals surface area contributed by atoms with E-state index in [9.17, 15) is 17.6 Å². The van der Waals surface area contributed by atoms with Crippen molar-refractivity contribution >= 4 is 16.1 Å². The molecule has 0 radical (unpaired) electrons. The van der Waals surface area contributed by atoms with Gasteiger partial charge in [0.15, 0.2) is 0 Å². The molecule has 3 aliphatic rings. The number of halogens is 1. The van der Waals surface area contributed by atoms with Crippen LogP contribution in [-0.4, -0.2) is 80.0 Å². The molecule has 0 bridgehead atoms. The Balaban J connectivity index is 1.43. The lowest BCUT2D eigenvalue weighted by molar-refractivity contribution is -0.0129. The van der Waals surface area contributed by atoms with Crippen LogP contribution in [0.15, 0.2) is 24.3 Å². The molecule has 3 saturated heterocycles. The van der Waals surface area contributed by atoms with Crippen molar-refractivity contribution in [1.29, 1.82) is 0 Å². The first-order chi connectivity index (χ1) is 13.8. The fraction of sp³-hybridized carbons (Fsp3) is 0.650. The van der Waals surface area contributed by atoms with Crippen LogP contribution in [0, 0.1) is 5.82 Å². The summed E-state index contributed by atoms with van der Waals surface area (Å²) < 4.78 is 45.7. The molecule has 2 amide bonds. The number of carbonyl (C=O) groups excluding carboxylic acids is 1. The number of nitrogens with zero attached hydrogens (tertiary/aromatic N) is 3. The largest absolute Gasteiger partial charge is 0.381 e. The van der Waals surface area contributed by atoms with Gasteiger partial charge in [-0.15, -0.1) is 0 Å². The molecule has 0 atom stereocenters. The summed E-state index contributed by atoms with van der Waals surface area (Å²) in [4.78, 5) is 16.7. The van der Waals surface area contributed by atoms with Crippen LogP contribution in [0.3, 0.4) is 0 Å². The summed E-state index contributed by atoms with van der Waals surface area (Å²) in [6.45, 7) is 2.81. The van der Waals surface area contributed by atoms with E-state index in [1.807, 2.05) is 11.9 Å². The van der Waals surface area contributed by atoms with Crippen molar-refractivity contribution in [2.75, 3.05) is 39.9 Å². The van der Waals surface area contributed by atoms with Gasteiger partial charge in [0.25, 0.3) is 0 Å². The number of sulfonamides is 1. The van der Waals surface area contributed by atoms with Crippen LogP contribution in [0.2, 0.25) is 0 Å². The third kappa shape index (κ3) is 4.00. The number of hydrogen-bond donors (Lipinski definition) is 0. The van der Waals surface area contributed by atoms with Crippen molar-refractivity contribution in [2.24, 2.45) is 0 Å². The van der Waals surface area contributed by atoms with Gasteiger partial charge in [-0.3, -0.25) is 0 Å². The van der Waals surface area contributed by atoms with Gasteiger partial charge < -0.3 is 14.5 Å². The summed E-state index contributed by atoms with van der Waals surface area (Å²) >= 11 is 0. The molecule has 0 aromatic heterocycles. The Morgan fingerprint density at radius 1 is 1.14 bits per heavy atom. The predicted molar refractivity (Wildman–Crippen MR) is 106 cm³/mol. The molecule has 1 aromatic carbocycles. The van der Waals surface area contributed by atoms with E-state index >= 15 is 0 Å². The Bertz CT molecular complexity index is 847. The quantitative estimate of drug-likeness (QED) is 0.740. The lowest BCUT2D eigenvalue weighted by Gasteiger charge is -2.46. The van der Waals surface area contributed by atoms with Crippen LogP contribution in [0.5, 0.6) is 0 Å². The molecule has 0 aliphatic carbocycles. The summed E-state index contributed by atoms with van der Waals surface area (Å²) in [6.07, 6.45) is 2.91. The molecule has 160 valence electrons. The summed E-state index contributed by atoms with van der Waals surface area (Å²) in [6, 6.07) is 5.66. The lowest BCUT2D eigenvalue weighted by atomic mass is 9.87. The molecule has 1 aromatic rings. The highest BCUT2D eigenvalue weighted by Gasteiger charge is 2.52. The normalized spacial score (nSPS) is 23.9. The van der Waals surface area contributed by atoms with Gasteiger partial charge in [0.2, 0.25) is 10.0 Å². The molecule has 3 heterocycles. The lowest BCUT2D eigenvalue weighted by Crippen LogP contribution is -2.57. The van der Waals surface area contributed by atoms with Crippen LogP contribution in [-0.2, 0) is 20.5 Å². The number of carbonyl (C=O) groups is 1. The summed E-state index contributed by atoms with van der Waals surface area (Å²) in [5.74, 6) is -0.515. The third-order valence-corrected chi connectivity index (χ3v) is 8.29. The Hall–Kier alpha value is -1.71. The number of ether oxygens (including phenoxy) is 1. The standard InChI is InChI=1S/C20H28FN3O4S/c1-22-15-20(8-12-28-13-9-20)24(19(22)25)18-6-10-23(11-7-18)29(26,27)14-16-2-4-17(21)5-3-16/h2-5,18H,6-15H2,1H3. The number of piperidine rings is 1. The van der Waals surface area contributed by atoms with Crippen LogP contribution >= 0.6 is 0 Å². The van der Waals surface area contributed by atoms with Crippen molar-refractivity contribution in [1.82, 2.24) is 14.1 Å². The van der Waals surface area contributed by atoms with Crippen LogP contribution in [0.25, 0.3) is 0 Å². The molecule has 7 nitrogen and oxygen atoms in total. The van der Waals surface area contributed by atoms with Gasteiger partial charge in [-0.1, -0.05) is 12.1 Å². The fourth-order valence-electron chi connectivity index (χ4n) is 4.93. The molecule has 4 rings (SSSR count). The summed E-state index contributed by atoms with van der Waals surface area (Å²) in [5.41, 5.74) is 0.384. The molecule has 0 saturated carbocycles. The molecule has 3 fully saturated rings. The van der Waals surface area contributed by atoms with Gasteiger partial charge >= 0.3 is 6.03 Å². The van der Waals surface area contributed by atoms with E-state index in [0.29, 0.717) is 51.3 Å². The summed E-state index contributed by atoms with van der Waals surface area (Å²) in [7, 11) is -1.64. The Kier molecular flexibility index (Phi) is 5.56. The van der Waals surface area contributed by atoms with E-state index in [0.717, 1.165) is 12.8 Å². The highest BCUT2D eigenvalue weighted by Crippen LogP contribution is 2.39. The van der Waals surface area contributed by atoms with Gasteiger partial charge in [0, 0.05) is 45.9 Å². The van der Waals surface area contributed by atoms with Gasteiger partial charge in [-0.05, 0) is 43.4 Å². The third-order valence-electron chi connectivity index (χ3n) is 6.44. The highest BCUT2D eigenvalue weighted by atomic mass is 32.2. The Morgan fingerprint density at radius 3 is 2.38 bits per heavy atom. The second-order valence-corrected chi connectivity index (χ2v) is 10.3. The topological polar surface area (TPSA) is 70.2 Å². The van der Waals surface area contributed by atoms with E-state index in [1.54, 1.807) is 4.90 Å². The number of rotatable bonds is 4. The second-order valence-electron chi connectivity index (χ2n) is 8.36. The molecule has 0 unspecified atom stereocenters. The Labute approximate surface area is 171 Å². The smallest absolute Gasteiger partial charge is 0.320 e. The zero-order valence-corrected chi connectivity index (χ0v) is 17.5. The van der Waals surface area contributed by atoms with Crippen LogP contribution < -0.4 is 0 Å².